The largest absolute Gasteiger partial charge is 0.395 e. The summed E-state index contributed by atoms with van der Waals surface area (Å²) in [5, 5.41) is 23.2. The number of aliphatic hydroxyl groups excluding tert-OH is 1. The fourth-order valence-corrected chi connectivity index (χ4v) is 1.70. The van der Waals surface area contributed by atoms with Crippen molar-refractivity contribution in [3.63, 3.8) is 0 Å². The first-order valence-electron chi connectivity index (χ1n) is 6.74. The summed E-state index contributed by atoms with van der Waals surface area (Å²) in [7, 11) is 1.54. The minimum Gasteiger partial charge on any atom is -0.395 e. The zero-order valence-corrected chi connectivity index (χ0v) is 12.3. The van der Waals surface area contributed by atoms with E-state index in [0.717, 1.165) is 6.42 Å². The summed E-state index contributed by atoms with van der Waals surface area (Å²) in [6.45, 7) is 3.53. The summed E-state index contributed by atoms with van der Waals surface area (Å²) in [5.74, 6) is 0.512. The first-order valence-corrected chi connectivity index (χ1v) is 6.74. The van der Waals surface area contributed by atoms with Gasteiger partial charge in [-0.2, -0.15) is 4.98 Å². The van der Waals surface area contributed by atoms with E-state index in [1.807, 2.05) is 6.92 Å². The summed E-state index contributed by atoms with van der Waals surface area (Å²) in [4.78, 5) is 20.3. The smallest absolute Gasteiger partial charge is 0.329 e. The molecule has 0 bridgehead atoms. The van der Waals surface area contributed by atoms with Crippen LogP contribution < -0.4 is 10.2 Å². The number of anilines is 2. The van der Waals surface area contributed by atoms with E-state index < -0.39 is 4.92 Å². The van der Waals surface area contributed by atoms with Crippen molar-refractivity contribution in [2.45, 2.75) is 13.3 Å². The Labute approximate surface area is 123 Å². The molecule has 0 unspecified atom stereocenters. The fourth-order valence-electron chi connectivity index (χ4n) is 1.70. The van der Waals surface area contributed by atoms with Crippen LogP contribution in [0.25, 0.3) is 0 Å². The van der Waals surface area contributed by atoms with Gasteiger partial charge in [0.25, 0.3) is 0 Å². The van der Waals surface area contributed by atoms with Crippen LogP contribution in [0.4, 0.5) is 17.5 Å². The summed E-state index contributed by atoms with van der Waals surface area (Å²) < 4.78 is 4.98. The summed E-state index contributed by atoms with van der Waals surface area (Å²) in [6, 6.07) is 0. The van der Waals surface area contributed by atoms with Gasteiger partial charge in [0.05, 0.1) is 18.1 Å². The maximum absolute atomic E-state index is 11.1. The number of nitro groups is 1. The van der Waals surface area contributed by atoms with E-state index in [9.17, 15) is 10.1 Å². The standard InChI is InChI=1S/C12H21N5O4/c1-3-4-13-12-14-9-10(17(19)20)11(15-12)16(5-7-18)6-8-21-2/h9,18H,3-8H2,1-2H3,(H,13,14,15). The van der Waals surface area contributed by atoms with Crippen molar-refractivity contribution in [1.29, 1.82) is 0 Å². The molecule has 1 rings (SSSR count). The van der Waals surface area contributed by atoms with Crippen LogP contribution in [-0.4, -0.2) is 60.0 Å². The van der Waals surface area contributed by atoms with Gasteiger partial charge in [-0.1, -0.05) is 6.92 Å². The number of ether oxygens (including phenoxy) is 1. The van der Waals surface area contributed by atoms with Crippen LogP contribution in [0.1, 0.15) is 13.3 Å². The molecule has 0 aliphatic rings. The van der Waals surface area contributed by atoms with Gasteiger partial charge in [-0.05, 0) is 6.42 Å². The highest BCUT2D eigenvalue weighted by molar-refractivity contribution is 5.59. The molecule has 0 saturated heterocycles. The fraction of sp³-hybridized carbons (Fsp3) is 0.667. The van der Waals surface area contributed by atoms with Gasteiger partial charge in [0.15, 0.2) is 0 Å². The molecule has 1 aromatic heterocycles. The van der Waals surface area contributed by atoms with Crippen LogP contribution in [0.3, 0.4) is 0 Å². The molecular formula is C12H21N5O4. The van der Waals surface area contributed by atoms with Crippen LogP contribution >= 0.6 is 0 Å². The third-order valence-electron chi connectivity index (χ3n) is 2.71. The molecule has 0 saturated carbocycles. The number of hydrogen-bond donors (Lipinski definition) is 2. The highest BCUT2D eigenvalue weighted by Gasteiger charge is 2.22. The van der Waals surface area contributed by atoms with Gasteiger partial charge in [-0.25, -0.2) is 4.98 Å². The van der Waals surface area contributed by atoms with E-state index in [0.29, 0.717) is 25.6 Å². The molecule has 0 radical (unpaired) electrons. The SMILES string of the molecule is CCCNc1ncc([N+](=O)[O-])c(N(CCO)CCOC)n1. The lowest BCUT2D eigenvalue weighted by Crippen LogP contribution is -2.31. The average Bonchev–Trinajstić information content (AvgIpc) is 2.49. The predicted octanol–water partition coefficient (Wildman–Crippen LogP) is 0.652. The molecule has 0 spiro atoms. The highest BCUT2D eigenvalue weighted by atomic mass is 16.6. The van der Waals surface area contributed by atoms with Crippen molar-refractivity contribution in [1.82, 2.24) is 9.97 Å². The number of rotatable bonds is 10. The molecule has 0 fully saturated rings. The second-order valence-electron chi connectivity index (χ2n) is 4.29. The van der Waals surface area contributed by atoms with Crippen LogP contribution in [0.2, 0.25) is 0 Å². The Morgan fingerprint density at radius 2 is 2.29 bits per heavy atom. The lowest BCUT2D eigenvalue weighted by Gasteiger charge is -2.22. The van der Waals surface area contributed by atoms with Crippen LogP contribution in [0.15, 0.2) is 6.20 Å². The Morgan fingerprint density at radius 1 is 1.52 bits per heavy atom. The van der Waals surface area contributed by atoms with Gasteiger partial charge in [-0.15, -0.1) is 0 Å². The summed E-state index contributed by atoms with van der Waals surface area (Å²) >= 11 is 0. The van der Waals surface area contributed by atoms with Crippen molar-refractivity contribution >= 4 is 17.5 Å². The molecule has 118 valence electrons. The second kappa shape index (κ2) is 9.03. The molecule has 0 aliphatic carbocycles. The minimum atomic E-state index is -0.532. The molecular weight excluding hydrogens is 278 g/mol. The van der Waals surface area contributed by atoms with Crippen molar-refractivity contribution in [3.8, 4) is 0 Å². The van der Waals surface area contributed by atoms with E-state index >= 15 is 0 Å². The Hall–Kier alpha value is -2.00. The van der Waals surface area contributed by atoms with Gasteiger partial charge >= 0.3 is 5.69 Å². The molecule has 0 amide bonds. The van der Waals surface area contributed by atoms with E-state index in [-0.39, 0.29) is 24.7 Å². The second-order valence-corrected chi connectivity index (χ2v) is 4.29. The molecule has 9 heteroatoms. The molecule has 21 heavy (non-hydrogen) atoms. The zero-order valence-electron chi connectivity index (χ0n) is 12.3. The van der Waals surface area contributed by atoms with E-state index in [2.05, 4.69) is 15.3 Å². The van der Waals surface area contributed by atoms with Crippen molar-refractivity contribution < 1.29 is 14.8 Å². The van der Waals surface area contributed by atoms with Crippen molar-refractivity contribution in [2.75, 3.05) is 50.2 Å². The maximum atomic E-state index is 11.1. The number of hydrogen-bond acceptors (Lipinski definition) is 8. The molecule has 0 aliphatic heterocycles. The van der Waals surface area contributed by atoms with Gasteiger partial charge in [0.2, 0.25) is 11.8 Å². The minimum absolute atomic E-state index is 0.136. The molecule has 2 N–H and O–H groups in total. The third-order valence-corrected chi connectivity index (χ3v) is 2.71. The quantitative estimate of drug-likeness (QED) is 0.478. The van der Waals surface area contributed by atoms with Gasteiger partial charge in [-0.3, -0.25) is 10.1 Å². The van der Waals surface area contributed by atoms with Gasteiger partial charge in [0, 0.05) is 26.7 Å². The Bertz CT molecular complexity index is 457. The highest BCUT2D eigenvalue weighted by Crippen LogP contribution is 2.25. The molecule has 1 heterocycles. The predicted molar refractivity (Wildman–Crippen MR) is 78.6 cm³/mol. The summed E-state index contributed by atoms with van der Waals surface area (Å²) in [6.07, 6.45) is 2.07. The van der Waals surface area contributed by atoms with Crippen molar-refractivity contribution in [3.05, 3.63) is 16.3 Å². The Kier molecular flexibility index (Phi) is 7.33. The lowest BCUT2D eigenvalue weighted by atomic mass is 10.4. The number of nitrogens with zero attached hydrogens (tertiary/aromatic N) is 4. The normalized spacial score (nSPS) is 10.4. The Balaban J connectivity index is 3.08. The molecule has 0 atom stereocenters. The first-order chi connectivity index (χ1) is 10.1. The van der Waals surface area contributed by atoms with E-state index in [1.165, 1.54) is 6.20 Å². The molecule has 9 nitrogen and oxygen atoms in total. The van der Waals surface area contributed by atoms with Gasteiger partial charge < -0.3 is 20.1 Å². The average molecular weight is 299 g/mol. The van der Waals surface area contributed by atoms with Crippen LogP contribution in [0, 0.1) is 10.1 Å². The van der Waals surface area contributed by atoms with E-state index in [1.54, 1.807) is 12.0 Å². The van der Waals surface area contributed by atoms with Crippen LogP contribution in [-0.2, 0) is 4.74 Å². The monoisotopic (exact) mass is 299 g/mol. The van der Waals surface area contributed by atoms with Crippen molar-refractivity contribution in [2.24, 2.45) is 0 Å². The molecule has 0 aromatic carbocycles. The van der Waals surface area contributed by atoms with Crippen LogP contribution in [0.5, 0.6) is 0 Å². The zero-order chi connectivity index (χ0) is 15.7. The van der Waals surface area contributed by atoms with E-state index in [4.69, 9.17) is 9.84 Å². The first kappa shape index (κ1) is 17.1. The number of aromatic nitrogens is 2. The lowest BCUT2D eigenvalue weighted by molar-refractivity contribution is -0.384. The topological polar surface area (TPSA) is 114 Å². The maximum Gasteiger partial charge on any atom is 0.329 e. The number of methoxy groups -OCH3 is 1. The Morgan fingerprint density at radius 3 is 2.86 bits per heavy atom. The third kappa shape index (κ3) is 5.12. The number of aliphatic hydroxyl groups is 1. The molecule has 1 aromatic rings. The number of nitrogens with one attached hydrogen (secondary N) is 1. The summed E-state index contributed by atoms with van der Waals surface area (Å²) in [5.41, 5.74) is -0.193. The van der Waals surface area contributed by atoms with Gasteiger partial charge in [0.1, 0.15) is 6.20 Å².